The van der Waals surface area contributed by atoms with Gasteiger partial charge in [0.25, 0.3) is 0 Å². The molecule has 8 aromatic rings. The lowest BCUT2D eigenvalue weighted by Crippen LogP contribution is -1.85. The Kier molecular flexibility index (Phi) is 3.60. The lowest BCUT2D eigenvalue weighted by molar-refractivity contribution is 0.679. The van der Waals surface area contributed by atoms with Crippen LogP contribution >= 0.6 is 11.3 Å². The van der Waals surface area contributed by atoms with Crippen molar-refractivity contribution in [3.8, 4) is 11.1 Å². The first-order valence-corrected chi connectivity index (χ1v) is 12.3. The molecule has 8 rings (SSSR count). The third kappa shape index (κ3) is 2.38. The molecule has 1 nitrogen and oxygen atoms in total. The fraction of sp³-hybridized carbons (Fsp3) is 0. The highest BCUT2D eigenvalue weighted by atomic mass is 32.1. The molecule has 0 N–H and O–H groups in total. The minimum atomic E-state index is 0.971. The third-order valence-corrected chi connectivity index (χ3v) is 8.15. The van der Waals surface area contributed by atoms with Gasteiger partial charge in [-0.1, -0.05) is 108 Å². The maximum absolute atomic E-state index is 6.51. The van der Waals surface area contributed by atoms with Crippen LogP contribution < -0.4 is 0 Å². The Morgan fingerprint density at radius 3 is 1.79 bits per heavy atom. The molecule has 0 amide bonds. The van der Waals surface area contributed by atoms with Gasteiger partial charge in [0, 0.05) is 26.4 Å². The first-order valence-electron chi connectivity index (χ1n) is 11.5. The van der Waals surface area contributed by atoms with Crippen LogP contribution in [-0.4, -0.2) is 0 Å². The molecule has 34 heavy (non-hydrogen) atoms. The second-order valence-electron chi connectivity index (χ2n) is 8.90. The maximum atomic E-state index is 6.51. The smallest absolute Gasteiger partial charge is 0.190 e. The van der Waals surface area contributed by atoms with E-state index in [2.05, 4.69) is 109 Å². The molecule has 0 fully saturated rings. The second-order valence-corrected chi connectivity index (χ2v) is 9.91. The topological polar surface area (TPSA) is 13.1 Å². The van der Waals surface area contributed by atoms with E-state index < -0.39 is 0 Å². The molecule has 0 aliphatic rings. The van der Waals surface area contributed by atoms with Crippen LogP contribution in [0.5, 0.6) is 0 Å². The summed E-state index contributed by atoms with van der Waals surface area (Å²) in [6.07, 6.45) is 0. The summed E-state index contributed by atoms with van der Waals surface area (Å²) in [5.41, 5.74) is 3.30. The largest absolute Gasteiger partial charge is 0.445 e. The summed E-state index contributed by atoms with van der Waals surface area (Å²) < 4.78 is 7.78. The van der Waals surface area contributed by atoms with Crippen molar-refractivity contribution in [3.05, 3.63) is 109 Å². The minimum Gasteiger partial charge on any atom is -0.445 e. The van der Waals surface area contributed by atoms with Gasteiger partial charge in [-0.3, -0.25) is 0 Å². The number of rotatable bonds is 1. The Labute approximate surface area is 199 Å². The summed E-state index contributed by atoms with van der Waals surface area (Å²) in [5, 5.41) is 11.4. The van der Waals surface area contributed by atoms with Crippen molar-refractivity contribution in [2.75, 3.05) is 0 Å². The van der Waals surface area contributed by atoms with Crippen molar-refractivity contribution < 1.29 is 4.42 Å². The highest BCUT2D eigenvalue weighted by molar-refractivity contribution is 7.25. The van der Waals surface area contributed by atoms with E-state index in [4.69, 9.17) is 4.42 Å². The minimum absolute atomic E-state index is 0.971. The molecule has 0 radical (unpaired) electrons. The molecule has 0 atom stereocenters. The molecule has 2 heteroatoms. The predicted molar refractivity (Wildman–Crippen MR) is 147 cm³/mol. The van der Waals surface area contributed by atoms with Gasteiger partial charge in [-0.05, 0) is 50.0 Å². The lowest BCUT2D eigenvalue weighted by atomic mass is 9.92. The molecule has 2 aromatic heterocycles. The van der Waals surface area contributed by atoms with E-state index in [-0.39, 0.29) is 0 Å². The molecule has 2 heterocycles. The zero-order chi connectivity index (χ0) is 22.2. The SMILES string of the molecule is c1ccc2c(c1)sc1oc3c(-c4ccc5c6ccccc6c6ccccc6c5c4)cccc3c12. The van der Waals surface area contributed by atoms with Crippen LogP contribution in [0.2, 0.25) is 0 Å². The van der Waals surface area contributed by atoms with Gasteiger partial charge in [0.05, 0.1) is 0 Å². The molecule has 0 bridgehead atoms. The molecular formula is C32H18OS. The quantitative estimate of drug-likeness (QED) is 0.227. The summed E-state index contributed by atoms with van der Waals surface area (Å²) >= 11 is 1.73. The predicted octanol–water partition coefficient (Wildman–Crippen LogP) is 9.93. The van der Waals surface area contributed by atoms with Gasteiger partial charge in [0.1, 0.15) is 5.58 Å². The second kappa shape index (κ2) is 6.69. The van der Waals surface area contributed by atoms with Crippen LogP contribution in [0.4, 0.5) is 0 Å². The van der Waals surface area contributed by atoms with Crippen LogP contribution in [0, 0.1) is 0 Å². The Balaban J connectivity index is 1.47. The summed E-state index contributed by atoms with van der Waals surface area (Å²) in [6, 6.07) is 39.4. The van der Waals surface area contributed by atoms with E-state index in [0.717, 1.165) is 16.0 Å². The van der Waals surface area contributed by atoms with Crippen molar-refractivity contribution in [1.29, 1.82) is 0 Å². The standard InChI is InChI=1S/C32H18OS/c1-2-10-23-21(8-1)22-9-3-4-11-24(22)28-18-19(16-17-25(23)28)20-13-7-14-27-30-26-12-5-6-15-29(26)34-32(30)33-31(20)27/h1-18H. The van der Waals surface area contributed by atoms with Gasteiger partial charge in [0.2, 0.25) is 0 Å². The molecule has 0 unspecified atom stereocenters. The van der Waals surface area contributed by atoms with Crippen molar-refractivity contribution >= 4 is 75.0 Å². The van der Waals surface area contributed by atoms with Gasteiger partial charge in [-0.25, -0.2) is 0 Å². The Morgan fingerprint density at radius 1 is 0.471 bits per heavy atom. The highest BCUT2D eigenvalue weighted by Gasteiger charge is 2.17. The van der Waals surface area contributed by atoms with Gasteiger partial charge in [-0.2, -0.15) is 0 Å². The summed E-state index contributed by atoms with van der Waals surface area (Å²) in [6.45, 7) is 0. The molecule has 158 valence electrons. The van der Waals surface area contributed by atoms with Crippen molar-refractivity contribution in [2.45, 2.75) is 0 Å². The van der Waals surface area contributed by atoms with E-state index >= 15 is 0 Å². The van der Waals surface area contributed by atoms with Crippen molar-refractivity contribution in [1.82, 2.24) is 0 Å². The molecule has 6 aromatic carbocycles. The van der Waals surface area contributed by atoms with Crippen LogP contribution in [0.1, 0.15) is 0 Å². The summed E-state index contributed by atoms with van der Waals surface area (Å²) in [5.74, 6) is 0. The van der Waals surface area contributed by atoms with Crippen LogP contribution in [0.3, 0.4) is 0 Å². The first kappa shape index (κ1) is 18.3. The van der Waals surface area contributed by atoms with E-state index in [0.29, 0.717) is 0 Å². The van der Waals surface area contributed by atoms with Gasteiger partial charge < -0.3 is 4.42 Å². The lowest BCUT2D eigenvalue weighted by Gasteiger charge is -2.12. The number of furan rings is 1. The fourth-order valence-corrected chi connectivity index (χ4v) is 6.66. The normalized spacial score (nSPS) is 12.1. The van der Waals surface area contributed by atoms with E-state index in [1.165, 1.54) is 58.7 Å². The molecule has 0 saturated carbocycles. The number of para-hydroxylation sites is 1. The first-order chi connectivity index (χ1) is 16.9. The molecule has 0 saturated heterocycles. The fourth-order valence-electron chi connectivity index (χ4n) is 5.59. The number of fused-ring (bicyclic) bond motifs is 11. The van der Waals surface area contributed by atoms with Crippen LogP contribution in [0.25, 0.3) is 74.8 Å². The average molecular weight is 451 g/mol. The molecule has 0 aliphatic carbocycles. The van der Waals surface area contributed by atoms with Crippen molar-refractivity contribution in [2.24, 2.45) is 0 Å². The number of hydrogen-bond donors (Lipinski definition) is 0. The molecule has 0 aliphatic heterocycles. The Hall–Kier alpha value is -4.14. The average Bonchev–Trinajstić information content (AvgIpc) is 3.45. The zero-order valence-corrected chi connectivity index (χ0v) is 19.0. The third-order valence-electron chi connectivity index (χ3n) is 7.10. The number of benzene rings is 6. The summed E-state index contributed by atoms with van der Waals surface area (Å²) in [4.78, 5) is 1.00. The van der Waals surface area contributed by atoms with Gasteiger partial charge in [-0.15, -0.1) is 0 Å². The van der Waals surface area contributed by atoms with Gasteiger partial charge >= 0.3 is 0 Å². The van der Waals surface area contributed by atoms with E-state index in [1.54, 1.807) is 11.3 Å². The summed E-state index contributed by atoms with van der Waals surface area (Å²) in [7, 11) is 0. The van der Waals surface area contributed by atoms with E-state index in [1.807, 2.05) is 0 Å². The monoisotopic (exact) mass is 450 g/mol. The Bertz CT molecular complexity index is 2040. The Morgan fingerprint density at radius 2 is 1.06 bits per heavy atom. The van der Waals surface area contributed by atoms with Crippen molar-refractivity contribution in [3.63, 3.8) is 0 Å². The van der Waals surface area contributed by atoms with Gasteiger partial charge in [0.15, 0.2) is 4.90 Å². The number of hydrogen-bond acceptors (Lipinski definition) is 2. The molecule has 0 spiro atoms. The van der Waals surface area contributed by atoms with Crippen LogP contribution in [-0.2, 0) is 0 Å². The van der Waals surface area contributed by atoms with E-state index in [9.17, 15) is 0 Å². The molecular weight excluding hydrogens is 432 g/mol. The zero-order valence-electron chi connectivity index (χ0n) is 18.2. The number of thiophene rings is 1. The highest BCUT2D eigenvalue weighted by Crippen LogP contribution is 2.44. The van der Waals surface area contributed by atoms with Crippen LogP contribution in [0.15, 0.2) is 114 Å². The maximum Gasteiger partial charge on any atom is 0.190 e.